The molecule has 29 heavy (non-hydrogen) atoms. The third kappa shape index (κ3) is 3.93. The van der Waals surface area contributed by atoms with Crippen molar-refractivity contribution < 1.29 is 18.3 Å². The Morgan fingerprint density at radius 2 is 2.00 bits per heavy atom. The molecule has 3 rings (SSSR count). The zero-order chi connectivity index (χ0) is 21.3. The van der Waals surface area contributed by atoms with Crippen LogP contribution >= 0.6 is 15.9 Å². The molecule has 0 saturated carbocycles. The average molecular weight is 467 g/mol. The van der Waals surface area contributed by atoms with Gasteiger partial charge in [-0.15, -0.1) is 0 Å². The molecule has 2 heterocycles. The second kappa shape index (κ2) is 8.16. The number of hydrogen-bond acceptors (Lipinski definition) is 5. The van der Waals surface area contributed by atoms with Crippen LogP contribution in [0.3, 0.4) is 0 Å². The van der Waals surface area contributed by atoms with Crippen LogP contribution in [0.25, 0.3) is 16.7 Å². The van der Waals surface area contributed by atoms with E-state index in [4.69, 9.17) is 5.73 Å². The minimum atomic E-state index is -2.95. The van der Waals surface area contributed by atoms with Crippen molar-refractivity contribution >= 4 is 44.2 Å². The van der Waals surface area contributed by atoms with Gasteiger partial charge in [0, 0.05) is 19.2 Å². The van der Waals surface area contributed by atoms with Crippen LogP contribution in [0.1, 0.15) is 13.8 Å². The Bertz CT molecular complexity index is 1130. The second-order valence-electron chi connectivity index (χ2n) is 6.07. The van der Waals surface area contributed by atoms with E-state index in [-0.39, 0.29) is 21.8 Å². The molecule has 3 aromatic rings. The van der Waals surface area contributed by atoms with Crippen molar-refractivity contribution in [3.63, 3.8) is 0 Å². The fraction of sp³-hybridized carbons (Fsp3) is 0.211. The van der Waals surface area contributed by atoms with Gasteiger partial charge in [-0.2, -0.15) is 8.78 Å². The molecule has 10 heteroatoms. The minimum Gasteiger partial charge on any atom is -0.435 e. The van der Waals surface area contributed by atoms with Crippen LogP contribution in [0.2, 0.25) is 0 Å². The standard InChI is InChI=1S/C19H17BrF2N4O3/c1-3-25(10(2)27)12-8-14-17(24-9-12)16(23)15(20)18(28)26(14)11-4-6-13(7-5-11)29-19(21)22/h4-9,19H,3,23H2,1-2H3. The number of amides is 1. The topological polar surface area (TPSA) is 90.5 Å². The molecule has 0 fully saturated rings. The lowest BCUT2D eigenvalue weighted by Crippen LogP contribution is -2.28. The van der Waals surface area contributed by atoms with E-state index in [0.29, 0.717) is 29.0 Å². The lowest BCUT2D eigenvalue weighted by atomic mass is 10.2. The first-order chi connectivity index (χ1) is 13.7. The molecule has 2 N–H and O–H groups in total. The van der Waals surface area contributed by atoms with E-state index in [1.807, 2.05) is 6.92 Å². The van der Waals surface area contributed by atoms with Gasteiger partial charge in [0.25, 0.3) is 5.56 Å². The van der Waals surface area contributed by atoms with Crippen molar-refractivity contribution in [3.05, 3.63) is 51.4 Å². The number of fused-ring (bicyclic) bond motifs is 1. The van der Waals surface area contributed by atoms with Gasteiger partial charge in [0.15, 0.2) is 0 Å². The maximum atomic E-state index is 12.9. The van der Waals surface area contributed by atoms with Crippen LogP contribution in [-0.2, 0) is 4.79 Å². The van der Waals surface area contributed by atoms with E-state index >= 15 is 0 Å². The number of ether oxygens (including phenoxy) is 1. The molecule has 0 radical (unpaired) electrons. The zero-order valence-corrected chi connectivity index (χ0v) is 17.1. The third-order valence-electron chi connectivity index (χ3n) is 4.30. The van der Waals surface area contributed by atoms with Crippen molar-refractivity contribution in [1.29, 1.82) is 0 Å². The summed E-state index contributed by atoms with van der Waals surface area (Å²) in [6.07, 6.45) is 1.50. The van der Waals surface area contributed by atoms with Crippen molar-refractivity contribution in [2.45, 2.75) is 20.5 Å². The van der Waals surface area contributed by atoms with Gasteiger partial charge < -0.3 is 15.4 Å². The highest BCUT2D eigenvalue weighted by molar-refractivity contribution is 9.10. The summed E-state index contributed by atoms with van der Waals surface area (Å²) in [6.45, 7) is 0.709. The molecule has 0 aliphatic rings. The highest BCUT2D eigenvalue weighted by Crippen LogP contribution is 2.29. The first-order valence-corrected chi connectivity index (χ1v) is 9.37. The molecule has 1 aromatic carbocycles. The number of carbonyl (C=O) groups excluding carboxylic acids is 1. The Kier molecular flexibility index (Phi) is 5.83. The number of anilines is 2. The molecule has 0 bridgehead atoms. The van der Waals surface area contributed by atoms with Gasteiger partial charge in [-0.1, -0.05) is 0 Å². The monoisotopic (exact) mass is 466 g/mol. The lowest BCUT2D eigenvalue weighted by molar-refractivity contribution is -0.116. The van der Waals surface area contributed by atoms with Crippen molar-refractivity contribution in [1.82, 2.24) is 9.55 Å². The van der Waals surface area contributed by atoms with E-state index in [1.165, 1.54) is 46.9 Å². The quantitative estimate of drug-likeness (QED) is 0.618. The maximum absolute atomic E-state index is 12.9. The van der Waals surface area contributed by atoms with Gasteiger partial charge in [0.2, 0.25) is 5.91 Å². The number of pyridine rings is 2. The minimum absolute atomic E-state index is 0.0387. The number of rotatable bonds is 5. The van der Waals surface area contributed by atoms with Gasteiger partial charge in [-0.05, 0) is 53.2 Å². The Balaban J connectivity index is 2.26. The first kappa shape index (κ1) is 20.7. The lowest BCUT2D eigenvalue weighted by Gasteiger charge is -2.20. The van der Waals surface area contributed by atoms with E-state index < -0.39 is 12.2 Å². The molecule has 7 nitrogen and oxygen atoms in total. The average Bonchev–Trinajstić information content (AvgIpc) is 2.67. The number of nitrogens with zero attached hydrogens (tertiary/aromatic N) is 3. The molecular formula is C19H17BrF2N4O3. The van der Waals surface area contributed by atoms with Gasteiger partial charge in [0.1, 0.15) is 15.7 Å². The number of nitrogens with two attached hydrogens (primary N) is 1. The number of hydrogen-bond donors (Lipinski definition) is 1. The molecular weight excluding hydrogens is 450 g/mol. The molecule has 0 aliphatic carbocycles. The van der Waals surface area contributed by atoms with Crippen molar-refractivity contribution in [2.24, 2.45) is 0 Å². The summed E-state index contributed by atoms with van der Waals surface area (Å²) in [7, 11) is 0. The number of halogens is 3. The number of nitrogen functional groups attached to an aromatic ring is 1. The first-order valence-electron chi connectivity index (χ1n) is 8.57. The summed E-state index contributed by atoms with van der Waals surface area (Å²) in [4.78, 5) is 30.7. The van der Waals surface area contributed by atoms with E-state index in [1.54, 1.807) is 6.07 Å². The Hall–Kier alpha value is -3.01. The molecule has 0 aliphatic heterocycles. The number of benzene rings is 1. The third-order valence-corrected chi connectivity index (χ3v) is 5.07. The molecule has 0 saturated heterocycles. The van der Waals surface area contributed by atoms with E-state index in [0.717, 1.165) is 0 Å². The summed E-state index contributed by atoms with van der Waals surface area (Å²) in [6, 6.07) is 7.23. The smallest absolute Gasteiger partial charge is 0.387 e. The molecule has 0 atom stereocenters. The Morgan fingerprint density at radius 1 is 1.34 bits per heavy atom. The van der Waals surface area contributed by atoms with E-state index in [9.17, 15) is 18.4 Å². The molecule has 1 amide bonds. The van der Waals surface area contributed by atoms with Gasteiger partial charge in [-0.3, -0.25) is 19.1 Å². The van der Waals surface area contributed by atoms with Gasteiger partial charge in [0.05, 0.1) is 23.1 Å². The summed E-state index contributed by atoms with van der Waals surface area (Å²) in [5, 5.41) is 0. The van der Waals surface area contributed by atoms with Crippen LogP contribution in [0.5, 0.6) is 5.75 Å². The number of alkyl halides is 2. The second-order valence-corrected chi connectivity index (χ2v) is 6.86. The predicted molar refractivity (Wildman–Crippen MR) is 110 cm³/mol. The van der Waals surface area contributed by atoms with Crippen LogP contribution in [0.15, 0.2) is 45.8 Å². The molecule has 2 aromatic heterocycles. The van der Waals surface area contributed by atoms with E-state index in [2.05, 4.69) is 25.7 Å². The summed E-state index contributed by atoms with van der Waals surface area (Å²) in [5.74, 6) is -0.218. The SMILES string of the molecule is CCN(C(C)=O)c1cnc2c(N)c(Br)c(=O)n(-c3ccc(OC(F)F)cc3)c2c1. The van der Waals surface area contributed by atoms with Crippen molar-refractivity contribution in [2.75, 3.05) is 17.2 Å². The number of aromatic nitrogens is 2. The summed E-state index contributed by atoms with van der Waals surface area (Å²) < 4.78 is 30.6. The summed E-state index contributed by atoms with van der Waals surface area (Å²) in [5.41, 5.74) is 7.38. The van der Waals surface area contributed by atoms with Crippen LogP contribution in [0, 0.1) is 0 Å². The normalized spacial score (nSPS) is 11.1. The van der Waals surface area contributed by atoms with Crippen LogP contribution < -0.4 is 20.9 Å². The van der Waals surface area contributed by atoms with Crippen LogP contribution in [-0.4, -0.2) is 28.6 Å². The maximum Gasteiger partial charge on any atom is 0.387 e. The predicted octanol–water partition coefficient (Wildman–Crippen LogP) is 3.70. The van der Waals surface area contributed by atoms with Gasteiger partial charge in [-0.25, -0.2) is 0 Å². The van der Waals surface area contributed by atoms with Crippen LogP contribution in [0.4, 0.5) is 20.2 Å². The highest BCUT2D eigenvalue weighted by Gasteiger charge is 2.18. The van der Waals surface area contributed by atoms with Crippen molar-refractivity contribution in [3.8, 4) is 11.4 Å². The molecule has 0 unspecified atom stereocenters. The molecule has 152 valence electrons. The largest absolute Gasteiger partial charge is 0.435 e. The van der Waals surface area contributed by atoms with Gasteiger partial charge >= 0.3 is 6.61 Å². The fourth-order valence-electron chi connectivity index (χ4n) is 3.01. The Morgan fingerprint density at radius 3 is 2.55 bits per heavy atom. The summed E-state index contributed by atoms with van der Waals surface area (Å²) >= 11 is 3.19. The number of carbonyl (C=O) groups is 1. The molecule has 0 spiro atoms. The highest BCUT2D eigenvalue weighted by atomic mass is 79.9. The Labute approximate surface area is 172 Å². The fourth-order valence-corrected chi connectivity index (χ4v) is 3.38. The zero-order valence-electron chi connectivity index (χ0n) is 15.5.